The quantitative estimate of drug-likeness (QED) is 0.694. The summed E-state index contributed by atoms with van der Waals surface area (Å²) in [6.07, 6.45) is 4.90. The lowest BCUT2D eigenvalue weighted by Gasteiger charge is -2.07. The summed E-state index contributed by atoms with van der Waals surface area (Å²) in [4.78, 5) is 18.8. The highest BCUT2D eigenvalue weighted by Gasteiger charge is 2.18. The third-order valence-electron chi connectivity index (χ3n) is 3.25. The van der Waals surface area contributed by atoms with E-state index in [1.54, 1.807) is 36.7 Å². The van der Waals surface area contributed by atoms with E-state index in [0.717, 1.165) is 5.39 Å². The van der Waals surface area contributed by atoms with Crippen molar-refractivity contribution in [2.24, 2.45) is 0 Å². The molecule has 6 heteroatoms. The van der Waals surface area contributed by atoms with Crippen LogP contribution in [-0.2, 0) is 4.79 Å². The predicted molar refractivity (Wildman–Crippen MR) is 88.1 cm³/mol. The maximum absolute atomic E-state index is 11.7. The molecular weight excluding hydrogens is 323 g/mol. The Kier molecular flexibility index (Phi) is 3.88. The molecule has 3 aromatic rings. The molecule has 110 valence electrons. The molecule has 2 aromatic heterocycles. The summed E-state index contributed by atoms with van der Waals surface area (Å²) in [6.45, 7) is 0. The van der Waals surface area contributed by atoms with Crippen LogP contribution in [0.3, 0.4) is 0 Å². The lowest BCUT2D eigenvalue weighted by molar-refractivity contribution is -0.130. The van der Waals surface area contributed by atoms with Crippen LogP contribution < -0.4 is 0 Å². The van der Waals surface area contributed by atoms with Gasteiger partial charge in [-0.3, -0.25) is 0 Å². The number of aliphatic carboxylic acids is 1. The number of carbonyl (C=O) groups is 1. The van der Waals surface area contributed by atoms with Gasteiger partial charge in [-0.2, -0.15) is 0 Å². The summed E-state index contributed by atoms with van der Waals surface area (Å²) < 4.78 is 0. The molecule has 2 N–H and O–H groups in total. The average molecular weight is 333 g/mol. The number of pyridine rings is 1. The zero-order chi connectivity index (χ0) is 15.7. The standard InChI is InChI=1S/C16H10Cl2N2O2/c17-12-4-1-5-13(18)14(12)11(16(21)22)7-9-8-20-15-10(9)3-2-6-19-15/h1-8H,(H,19,20)(H,21,22)/b11-7-. The third-order valence-corrected chi connectivity index (χ3v) is 3.88. The molecule has 4 nitrogen and oxygen atoms in total. The number of halogens is 2. The van der Waals surface area contributed by atoms with E-state index in [4.69, 9.17) is 23.2 Å². The Labute approximate surface area is 136 Å². The van der Waals surface area contributed by atoms with E-state index < -0.39 is 5.97 Å². The summed E-state index contributed by atoms with van der Waals surface area (Å²) in [5.74, 6) is -1.10. The van der Waals surface area contributed by atoms with Gasteiger partial charge in [-0.25, -0.2) is 9.78 Å². The van der Waals surface area contributed by atoms with Crippen LogP contribution >= 0.6 is 23.2 Å². The fourth-order valence-corrected chi connectivity index (χ4v) is 2.85. The number of hydrogen-bond acceptors (Lipinski definition) is 2. The Morgan fingerprint density at radius 2 is 1.91 bits per heavy atom. The van der Waals surface area contributed by atoms with Gasteiger partial charge in [0.15, 0.2) is 0 Å². The number of H-pyrrole nitrogens is 1. The van der Waals surface area contributed by atoms with Crippen molar-refractivity contribution in [3.63, 3.8) is 0 Å². The molecule has 2 heterocycles. The van der Waals surface area contributed by atoms with Gasteiger partial charge in [0.2, 0.25) is 0 Å². The molecule has 0 amide bonds. The van der Waals surface area contributed by atoms with E-state index in [9.17, 15) is 9.90 Å². The van der Waals surface area contributed by atoms with Crippen molar-refractivity contribution in [2.75, 3.05) is 0 Å². The molecule has 0 aliphatic carbocycles. The van der Waals surface area contributed by atoms with Gasteiger partial charge >= 0.3 is 5.97 Å². The van der Waals surface area contributed by atoms with Crippen LogP contribution in [0.25, 0.3) is 22.7 Å². The van der Waals surface area contributed by atoms with Gasteiger partial charge in [-0.1, -0.05) is 29.3 Å². The van der Waals surface area contributed by atoms with Crippen LogP contribution in [0, 0.1) is 0 Å². The first-order valence-electron chi connectivity index (χ1n) is 6.39. The summed E-state index contributed by atoms with van der Waals surface area (Å²) in [7, 11) is 0. The molecule has 3 rings (SSSR count). The summed E-state index contributed by atoms with van der Waals surface area (Å²) in [5, 5.41) is 10.9. The average Bonchev–Trinajstić information content (AvgIpc) is 2.89. The second-order valence-electron chi connectivity index (χ2n) is 4.60. The van der Waals surface area contributed by atoms with Crippen LogP contribution in [0.1, 0.15) is 11.1 Å². The topological polar surface area (TPSA) is 66.0 Å². The molecule has 1 aromatic carbocycles. The number of aromatic amines is 1. The fourth-order valence-electron chi connectivity index (χ4n) is 2.25. The molecule has 0 bridgehead atoms. The molecule has 0 saturated heterocycles. The number of fused-ring (bicyclic) bond motifs is 1. The highest BCUT2D eigenvalue weighted by atomic mass is 35.5. The van der Waals surface area contributed by atoms with Crippen molar-refractivity contribution in [3.8, 4) is 0 Å². The highest BCUT2D eigenvalue weighted by Crippen LogP contribution is 2.33. The first-order valence-corrected chi connectivity index (χ1v) is 7.15. The van der Waals surface area contributed by atoms with Crippen LogP contribution in [0.2, 0.25) is 10.0 Å². The van der Waals surface area contributed by atoms with Crippen molar-refractivity contribution in [3.05, 3.63) is 63.9 Å². The van der Waals surface area contributed by atoms with Crippen molar-refractivity contribution >= 4 is 51.9 Å². The lowest BCUT2D eigenvalue weighted by atomic mass is 10.0. The molecule has 0 saturated carbocycles. The first kappa shape index (κ1) is 14.6. The van der Waals surface area contributed by atoms with Crippen molar-refractivity contribution in [1.29, 1.82) is 0 Å². The van der Waals surface area contributed by atoms with E-state index in [0.29, 0.717) is 26.8 Å². The van der Waals surface area contributed by atoms with Gasteiger partial charge in [-0.05, 0) is 30.3 Å². The van der Waals surface area contributed by atoms with Gasteiger partial charge in [0.05, 0.1) is 15.6 Å². The molecule has 0 aliphatic rings. The van der Waals surface area contributed by atoms with Crippen molar-refractivity contribution in [1.82, 2.24) is 9.97 Å². The first-order chi connectivity index (χ1) is 10.6. The lowest BCUT2D eigenvalue weighted by Crippen LogP contribution is -2.01. The second-order valence-corrected chi connectivity index (χ2v) is 5.42. The Morgan fingerprint density at radius 1 is 1.18 bits per heavy atom. The minimum Gasteiger partial charge on any atom is -0.478 e. The Bertz CT molecular complexity index is 880. The van der Waals surface area contributed by atoms with Crippen molar-refractivity contribution in [2.45, 2.75) is 0 Å². The predicted octanol–water partition coefficient (Wildman–Crippen LogP) is 4.49. The number of carboxylic acid groups (broad SMARTS) is 1. The minimum atomic E-state index is -1.10. The molecule has 0 unspecified atom stereocenters. The molecule has 0 aliphatic heterocycles. The number of aromatic nitrogens is 2. The van der Waals surface area contributed by atoms with Crippen LogP contribution in [-0.4, -0.2) is 21.0 Å². The largest absolute Gasteiger partial charge is 0.478 e. The summed E-state index contributed by atoms with van der Waals surface area (Å²) in [5.41, 5.74) is 1.72. The fraction of sp³-hybridized carbons (Fsp3) is 0. The molecule has 0 radical (unpaired) electrons. The Balaban J connectivity index is 2.22. The maximum atomic E-state index is 11.7. The van der Waals surface area contributed by atoms with E-state index in [1.165, 1.54) is 6.08 Å². The third kappa shape index (κ3) is 2.58. The van der Waals surface area contributed by atoms with Gasteiger partial charge in [0.25, 0.3) is 0 Å². The van der Waals surface area contributed by atoms with Crippen LogP contribution in [0.15, 0.2) is 42.7 Å². The number of nitrogens with one attached hydrogen (secondary N) is 1. The van der Waals surface area contributed by atoms with Crippen LogP contribution in [0.4, 0.5) is 0 Å². The normalized spacial score (nSPS) is 11.8. The van der Waals surface area contributed by atoms with Crippen LogP contribution in [0.5, 0.6) is 0 Å². The molecule has 0 spiro atoms. The van der Waals surface area contributed by atoms with E-state index in [2.05, 4.69) is 9.97 Å². The van der Waals surface area contributed by atoms with Gasteiger partial charge < -0.3 is 10.1 Å². The number of rotatable bonds is 3. The van der Waals surface area contributed by atoms with Crippen molar-refractivity contribution < 1.29 is 9.90 Å². The summed E-state index contributed by atoms with van der Waals surface area (Å²) >= 11 is 12.2. The SMILES string of the molecule is O=C(O)/C(=C\c1c[nH]c2ncccc12)c1c(Cl)cccc1Cl. The highest BCUT2D eigenvalue weighted by molar-refractivity contribution is 6.41. The summed E-state index contributed by atoms with van der Waals surface area (Å²) in [6, 6.07) is 8.53. The molecule has 22 heavy (non-hydrogen) atoms. The second kappa shape index (κ2) is 5.83. The number of benzene rings is 1. The monoisotopic (exact) mass is 332 g/mol. The zero-order valence-corrected chi connectivity index (χ0v) is 12.7. The molecule has 0 atom stereocenters. The van der Waals surface area contributed by atoms with Gasteiger partial charge in [0.1, 0.15) is 5.65 Å². The number of nitrogens with zero attached hydrogens (tertiary/aromatic N) is 1. The zero-order valence-electron chi connectivity index (χ0n) is 11.2. The van der Waals surface area contributed by atoms with E-state index >= 15 is 0 Å². The Hall–Kier alpha value is -2.30. The maximum Gasteiger partial charge on any atom is 0.336 e. The minimum absolute atomic E-state index is 0.0281. The Morgan fingerprint density at radius 3 is 2.59 bits per heavy atom. The molecular formula is C16H10Cl2N2O2. The van der Waals surface area contributed by atoms with Gasteiger partial charge in [-0.15, -0.1) is 0 Å². The van der Waals surface area contributed by atoms with E-state index in [-0.39, 0.29) is 5.57 Å². The number of carboxylic acids is 1. The van der Waals surface area contributed by atoms with E-state index in [1.807, 2.05) is 6.07 Å². The number of hydrogen-bond donors (Lipinski definition) is 2. The molecule has 0 fully saturated rings. The van der Waals surface area contributed by atoms with Gasteiger partial charge in [0, 0.05) is 28.9 Å². The smallest absolute Gasteiger partial charge is 0.336 e.